The van der Waals surface area contributed by atoms with Crippen LogP contribution in [0.2, 0.25) is 0 Å². The number of esters is 1. The number of amides is 2. The van der Waals surface area contributed by atoms with E-state index in [9.17, 15) is 14.4 Å². The van der Waals surface area contributed by atoms with Crippen molar-refractivity contribution in [1.82, 2.24) is 0 Å². The number of rotatable bonds is 6. The predicted octanol–water partition coefficient (Wildman–Crippen LogP) is 6.09. The molecule has 5 heteroatoms. The second-order valence-corrected chi connectivity index (χ2v) is 8.82. The van der Waals surface area contributed by atoms with Gasteiger partial charge in [-0.3, -0.25) is 9.59 Å². The van der Waals surface area contributed by atoms with Crippen molar-refractivity contribution in [3.63, 3.8) is 0 Å². The number of carbonyl (C=O) groups is 3. The molecule has 4 rings (SSSR count). The van der Waals surface area contributed by atoms with Crippen LogP contribution in [0.5, 0.6) is 0 Å². The maximum Gasteiger partial charge on any atom is 0.338 e. The molecule has 3 aromatic rings. The maximum atomic E-state index is 13.7. The first-order chi connectivity index (χ1) is 15.8. The van der Waals surface area contributed by atoms with Crippen molar-refractivity contribution in [3.05, 3.63) is 100 Å². The van der Waals surface area contributed by atoms with Gasteiger partial charge in [0.15, 0.2) is 0 Å². The van der Waals surface area contributed by atoms with Gasteiger partial charge in [-0.2, -0.15) is 0 Å². The SMILES string of the molecule is CC(C)c1cccc(C(C)C)c1N1C(=O)c2cccc(COC(=O)c3ccccc3)c2C1=O. The van der Waals surface area contributed by atoms with Crippen molar-refractivity contribution in [1.29, 1.82) is 0 Å². The maximum absolute atomic E-state index is 13.7. The summed E-state index contributed by atoms with van der Waals surface area (Å²) in [5.74, 6) is -0.935. The quantitative estimate of drug-likeness (QED) is 0.343. The van der Waals surface area contributed by atoms with Crippen LogP contribution in [-0.4, -0.2) is 17.8 Å². The third-order valence-electron chi connectivity index (χ3n) is 5.94. The molecule has 0 saturated carbocycles. The molecule has 5 nitrogen and oxygen atoms in total. The van der Waals surface area contributed by atoms with Gasteiger partial charge in [-0.25, -0.2) is 9.69 Å². The minimum atomic E-state index is -0.478. The van der Waals surface area contributed by atoms with Crippen LogP contribution >= 0.6 is 0 Å². The van der Waals surface area contributed by atoms with Crippen molar-refractivity contribution < 1.29 is 19.1 Å². The molecule has 0 N–H and O–H groups in total. The smallest absolute Gasteiger partial charge is 0.338 e. The fraction of sp³-hybridized carbons (Fsp3) is 0.250. The Bertz CT molecular complexity index is 1200. The molecule has 33 heavy (non-hydrogen) atoms. The number of ether oxygens (including phenoxy) is 1. The van der Waals surface area contributed by atoms with Gasteiger partial charge in [0.2, 0.25) is 0 Å². The average Bonchev–Trinajstić information content (AvgIpc) is 3.07. The summed E-state index contributed by atoms with van der Waals surface area (Å²) in [5.41, 5.74) is 4.16. The first-order valence-electron chi connectivity index (χ1n) is 11.2. The van der Waals surface area contributed by atoms with E-state index >= 15 is 0 Å². The number of carbonyl (C=O) groups excluding carboxylic acids is 3. The molecule has 168 valence electrons. The number of hydrogen-bond acceptors (Lipinski definition) is 4. The molecule has 3 aromatic carbocycles. The van der Waals surface area contributed by atoms with Crippen LogP contribution in [-0.2, 0) is 11.3 Å². The summed E-state index contributed by atoms with van der Waals surface area (Å²) in [7, 11) is 0. The molecule has 0 fully saturated rings. The predicted molar refractivity (Wildman–Crippen MR) is 128 cm³/mol. The van der Waals surface area contributed by atoms with Crippen molar-refractivity contribution in [3.8, 4) is 0 Å². The van der Waals surface area contributed by atoms with Crippen LogP contribution in [0.25, 0.3) is 0 Å². The highest BCUT2D eigenvalue weighted by Gasteiger charge is 2.40. The number of benzene rings is 3. The number of fused-ring (bicyclic) bond motifs is 1. The van der Waals surface area contributed by atoms with E-state index in [1.807, 2.05) is 24.3 Å². The number of imide groups is 1. The van der Waals surface area contributed by atoms with Crippen LogP contribution in [0, 0.1) is 0 Å². The Morgan fingerprint density at radius 3 is 2.00 bits per heavy atom. The number of hydrogen-bond donors (Lipinski definition) is 0. The molecule has 0 aromatic heterocycles. The Kier molecular flexibility index (Phi) is 6.14. The Hall–Kier alpha value is -3.73. The number of para-hydroxylation sites is 1. The van der Waals surface area contributed by atoms with E-state index in [0.29, 0.717) is 27.9 Å². The Morgan fingerprint density at radius 1 is 0.788 bits per heavy atom. The summed E-state index contributed by atoms with van der Waals surface area (Å²) in [6.07, 6.45) is 0. The molecular formula is C28H27NO4. The topological polar surface area (TPSA) is 63.7 Å². The molecule has 0 aliphatic carbocycles. The van der Waals surface area contributed by atoms with Gasteiger partial charge < -0.3 is 4.74 Å². The van der Waals surface area contributed by atoms with Gasteiger partial charge in [0, 0.05) is 5.56 Å². The van der Waals surface area contributed by atoms with Crippen molar-refractivity contribution in [2.75, 3.05) is 4.90 Å². The fourth-order valence-electron chi connectivity index (χ4n) is 4.25. The number of anilines is 1. The zero-order chi connectivity index (χ0) is 23.7. The van der Waals surface area contributed by atoms with E-state index in [1.54, 1.807) is 42.5 Å². The lowest BCUT2D eigenvalue weighted by Gasteiger charge is -2.25. The van der Waals surface area contributed by atoms with Gasteiger partial charge in [-0.1, -0.05) is 76.2 Å². The molecule has 0 radical (unpaired) electrons. The molecule has 2 amide bonds. The van der Waals surface area contributed by atoms with Crippen LogP contribution in [0.15, 0.2) is 66.7 Å². The zero-order valence-electron chi connectivity index (χ0n) is 19.3. The summed E-state index contributed by atoms with van der Waals surface area (Å²) in [6, 6.07) is 19.7. The monoisotopic (exact) mass is 441 g/mol. The molecule has 1 aliphatic rings. The molecule has 1 heterocycles. The Labute approximate surface area is 194 Å². The highest BCUT2D eigenvalue weighted by atomic mass is 16.5. The van der Waals surface area contributed by atoms with Crippen LogP contribution in [0.1, 0.15) is 87.3 Å². The highest BCUT2D eigenvalue weighted by molar-refractivity contribution is 6.35. The minimum absolute atomic E-state index is 0.0906. The van der Waals surface area contributed by atoms with E-state index < -0.39 is 5.97 Å². The summed E-state index contributed by atoms with van der Waals surface area (Å²) in [6.45, 7) is 8.11. The molecule has 1 aliphatic heterocycles. The second-order valence-electron chi connectivity index (χ2n) is 8.82. The van der Waals surface area contributed by atoms with Gasteiger partial charge in [-0.05, 0) is 41.2 Å². The lowest BCUT2D eigenvalue weighted by molar-refractivity contribution is 0.0470. The van der Waals surface area contributed by atoms with Gasteiger partial charge in [0.1, 0.15) is 6.61 Å². The molecule has 0 bridgehead atoms. The van der Waals surface area contributed by atoms with Crippen molar-refractivity contribution >= 4 is 23.5 Å². The average molecular weight is 442 g/mol. The number of nitrogens with zero attached hydrogens (tertiary/aromatic N) is 1. The molecule has 0 unspecified atom stereocenters. The summed E-state index contributed by atoms with van der Waals surface area (Å²) in [5, 5.41) is 0. The Balaban J connectivity index is 1.72. The van der Waals surface area contributed by atoms with E-state index in [0.717, 1.165) is 11.1 Å². The fourth-order valence-corrected chi connectivity index (χ4v) is 4.25. The molecule has 0 saturated heterocycles. The second kappa shape index (κ2) is 9.02. The lowest BCUT2D eigenvalue weighted by Crippen LogP contribution is -2.32. The van der Waals surface area contributed by atoms with E-state index in [-0.39, 0.29) is 30.3 Å². The van der Waals surface area contributed by atoms with E-state index in [4.69, 9.17) is 4.74 Å². The lowest BCUT2D eigenvalue weighted by atomic mass is 9.92. The Morgan fingerprint density at radius 2 is 1.39 bits per heavy atom. The third-order valence-corrected chi connectivity index (χ3v) is 5.94. The summed E-state index contributed by atoms with van der Waals surface area (Å²) >= 11 is 0. The van der Waals surface area contributed by atoms with Gasteiger partial charge in [0.05, 0.1) is 22.4 Å². The molecular weight excluding hydrogens is 414 g/mol. The standard InChI is InChI=1S/C28H27NO4/c1-17(2)21-13-9-14-22(18(3)4)25(21)29-26(30)23-15-8-12-20(24(23)27(29)31)16-33-28(32)19-10-6-5-7-11-19/h5-15,17-18H,16H2,1-4H3. The zero-order valence-corrected chi connectivity index (χ0v) is 19.3. The summed E-state index contributed by atoms with van der Waals surface area (Å²) in [4.78, 5) is 40.8. The highest BCUT2D eigenvalue weighted by Crippen LogP contribution is 2.40. The van der Waals surface area contributed by atoms with Gasteiger partial charge in [0.25, 0.3) is 11.8 Å². The largest absolute Gasteiger partial charge is 0.457 e. The summed E-state index contributed by atoms with van der Waals surface area (Å²) < 4.78 is 5.47. The normalized spacial score (nSPS) is 13.1. The third kappa shape index (κ3) is 4.07. The van der Waals surface area contributed by atoms with Gasteiger partial charge >= 0.3 is 5.97 Å². The van der Waals surface area contributed by atoms with E-state index in [2.05, 4.69) is 27.7 Å². The van der Waals surface area contributed by atoms with Crippen molar-refractivity contribution in [2.24, 2.45) is 0 Å². The van der Waals surface area contributed by atoms with Crippen LogP contribution in [0.3, 0.4) is 0 Å². The van der Waals surface area contributed by atoms with Gasteiger partial charge in [-0.15, -0.1) is 0 Å². The first kappa shape index (κ1) is 22.5. The molecule has 0 atom stereocenters. The molecule has 0 spiro atoms. The first-order valence-corrected chi connectivity index (χ1v) is 11.2. The van der Waals surface area contributed by atoms with Crippen LogP contribution < -0.4 is 4.90 Å². The minimum Gasteiger partial charge on any atom is -0.457 e. The van der Waals surface area contributed by atoms with Crippen molar-refractivity contribution in [2.45, 2.75) is 46.1 Å². The van der Waals surface area contributed by atoms with Crippen LogP contribution in [0.4, 0.5) is 5.69 Å². The van der Waals surface area contributed by atoms with E-state index in [1.165, 1.54) is 4.90 Å².